The van der Waals surface area contributed by atoms with Crippen molar-refractivity contribution in [1.82, 2.24) is 4.89 Å². The minimum atomic E-state index is -4.08. The van der Waals surface area contributed by atoms with E-state index in [0.717, 1.165) is 17.4 Å². The zero-order valence-electron chi connectivity index (χ0n) is 9.23. The Labute approximate surface area is 117 Å². The normalized spacial score (nSPS) is 12.7. The summed E-state index contributed by atoms with van der Waals surface area (Å²) in [5.41, 5.74) is -1.71. The summed E-state index contributed by atoms with van der Waals surface area (Å²) in [4.78, 5) is 16.8. The van der Waals surface area contributed by atoms with Crippen LogP contribution in [0.15, 0.2) is 11.0 Å². The predicted molar refractivity (Wildman–Crippen MR) is 67.5 cm³/mol. The zero-order valence-corrected chi connectivity index (χ0v) is 12.4. The fraction of sp³-hybridized carbons (Fsp3) is 0.375. The van der Waals surface area contributed by atoms with Crippen LogP contribution in [0.4, 0.5) is 0 Å². The van der Waals surface area contributed by atoms with Gasteiger partial charge in [0.15, 0.2) is 5.60 Å². The lowest BCUT2D eigenvalue weighted by Gasteiger charge is -2.19. The largest absolute Gasteiger partial charge is 0.479 e. The van der Waals surface area contributed by atoms with Crippen LogP contribution >= 0.6 is 34.5 Å². The van der Waals surface area contributed by atoms with Crippen molar-refractivity contribution in [2.45, 2.75) is 24.3 Å². The molecular formula is C8H9Cl2NO5S2. The van der Waals surface area contributed by atoms with Gasteiger partial charge < -0.3 is 5.11 Å². The van der Waals surface area contributed by atoms with E-state index in [1.54, 1.807) is 4.89 Å². The van der Waals surface area contributed by atoms with Crippen molar-refractivity contribution >= 4 is 50.5 Å². The van der Waals surface area contributed by atoms with Crippen LogP contribution in [0.1, 0.15) is 13.8 Å². The standard InChI is InChI=1S/C8H9Cl2NO5S2/c1-8(2,7(12)13)16-11-18(14,15)4-3-5(9)17-6(4)10/h3,11H,1-2H3,(H,12,13). The number of thiophene rings is 1. The first-order chi connectivity index (χ1) is 8.06. The van der Waals surface area contributed by atoms with Gasteiger partial charge in [0.25, 0.3) is 10.0 Å². The highest BCUT2D eigenvalue weighted by atomic mass is 35.5. The van der Waals surface area contributed by atoms with E-state index in [2.05, 4.69) is 4.84 Å². The van der Waals surface area contributed by atoms with Crippen LogP contribution in [-0.2, 0) is 19.7 Å². The van der Waals surface area contributed by atoms with E-state index in [4.69, 9.17) is 28.3 Å². The number of carboxylic acids is 1. The Hall–Kier alpha value is -0.380. The summed E-state index contributed by atoms with van der Waals surface area (Å²) < 4.78 is 23.7. The van der Waals surface area contributed by atoms with Crippen molar-refractivity contribution in [1.29, 1.82) is 0 Å². The quantitative estimate of drug-likeness (QED) is 0.805. The van der Waals surface area contributed by atoms with Gasteiger partial charge in [0.1, 0.15) is 9.23 Å². The molecule has 0 fully saturated rings. The molecule has 0 radical (unpaired) electrons. The highest BCUT2D eigenvalue weighted by Gasteiger charge is 2.32. The van der Waals surface area contributed by atoms with Gasteiger partial charge in [0.2, 0.25) is 0 Å². The lowest BCUT2D eigenvalue weighted by atomic mass is 10.1. The second-order valence-electron chi connectivity index (χ2n) is 3.69. The van der Waals surface area contributed by atoms with Crippen LogP contribution in [0, 0.1) is 0 Å². The molecule has 0 aliphatic heterocycles. The molecular weight excluding hydrogens is 325 g/mol. The Balaban J connectivity index is 2.91. The lowest BCUT2D eigenvalue weighted by molar-refractivity contribution is -0.165. The van der Waals surface area contributed by atoms with Gasteiger partial charge in [0.05, 0.1) is 4.34 Å². The Morgan fingerprint density at radius 2 is 2.06 bits per heavy atom. The van der Waals surface area contributed by atoms with Crippen molar-refractivity contribution in [2.75, 3.05) is 0 Å². The van der Waals surface area contributed by atoms with Gasteiger partial charge in [-0.05, 0) is 19.9 Å². The summed E-state index contributed by atoms with van der Waals surface area (Å²) in [7, 11) is -4.08. The monoisotopic (exact) mass is 333 g/mol. The smallest absolute Gasteiger partial charge is 0.337 e. The molecule has 1 heterocycles. The minimum Gasteiger partial charge on any atom is -0.479 e. The van der Waals surface area contributed by atoms with E-state index in [1.807, 2.05) is 0 Å². The molecule has 102 valence electrons. The van der Waals surface area contributed by atoms with Gasteiger partial charge >= 0.3 is 5.97 Å². The Bertz CT molecular complexity index is 566. The highest BCUT2D eigenvalue weighted by molar-refractivity contribution is 7.89. The first-order valence-corrected chi connectivity index (χ1v) is 7.50. The number of halogens is 2. The van der Waals surface area contributed by atoms with Crippen LogP contribution in [0.25, 0.3) is 0 Å². The lowest BCUT2D eigenvalue weighted by Crippen LogP contribution is -2.41. The molecule has 2 N–H and O–H groups in total. The molecule has 0 spiro atoms. The van der Waals surface area contributed by atoms with Crippen molar-refractivity contribution in [2.24, 2.45) is 0 Å². The number of hydrogen-bond donors (Lipinski definition) is 2. The van der Waals surface area contributed by atoms with Crippen molar-refractivity contribution in [3.63, 3.8) is 0 Å². The van der Waals surface area contributed by atoms with Gasteiger partial charge in [-0.1, -0.05) is 28.1 Å². The molecule has 1 rings (SSSR count). The molecule has 10 heteroatoms. The third-order valence-corrected chi connectivity index (χ3v) is 4.77. The fourth-order valence-electron chi connectivity index (χ4n) is 0.756. The van der Waals surface area contributed by atoms with E-state index < -0.39 is 21.6 Å². The van der Waals surface area contributed by atoms with Crippen LogP contribution in [0.3, 0.4) is 0 Å². The maximum absolute atomic E-state index is 11.8. The first-order valence-electron chi connectivity index (χ1n) is 4.44. The highest BCUT2D eigenvalue weighted by Crippen LogP contribution is 2.34. The van der Waals surface area contributed by atoms with E-state index in [-0.39, 0.29) is 13.6 Å². The van der Waals surface area contributed by atoms with Gasteiger partial charge in [0, 0.05) is 0 Å². The molecule has 0 bridgehead atoms. The molecule has 0 amide bonds. The summed E-state index contributed by atoms with van der Waals surface area (Å²) in [5.74, 6) is -1.32. The zero-order chi connectivity index (χ0) is 14.1. The SMILES string of the molecule is CC(C)(ONS(=O)(=O)c1cc(Cl)sc1Cl)C(=O)O. The molecule has 0 saturated heterocycles. The molecule has 0 aromatic carbocycles. The van der Waals surface area contributed by atoms with Gasteiger partial charge in [-0.3, -0.25) is 4.84 Å². The number of rotatable bonds is 5. The number of nitrogens with one attached hydrogen (secondary N) is 1. The molecule has 0 saturated carbocycles. The molecule has 1 aromatic rings. The van der Waals surface area contributed by atoms with Gasteiger partial charge in [-0.25, -0.2) is 13.2 Å². The molecule has 0 atom stereocenters. The maximum atomic E-state index is 11.8. The van der Waals surface area contributed by atoms with Crippen LogP contribution in [0.5, 0.6) is 0 Å². The average Bonchev–Trinajstić information content (AvgIpc) is 2.56. The Morgan fingerprint density at radius 3 is 2.44 bits per heavy atom. The second kappa shape index (κ2) is 5.32. The fourth-order valence-corrected chi connectivity index (χ4v) is 3.82. The van der Waals surface area contributed by atoms with Gasteiger partial charge in [-0.2, -0.15) is 0 Å². The Morgan fingerprint density at radius 1 is 1.50 bits per heavy atom. The van der Waals surface area contributed by atoms with Crippen LogP contribution in [-0.4, -0.2) is 25.1 Å². The molecule has 0 aliphatic rings. The maximum Gasteiger partial charge on any atom is 0.337 e. The van der Waals surface area contributed by atoms with Gasteiger partial charge in [-0.15, -0.1) is 11.3 Å². The van der Waals surface area contributed by atoms with Crippen molar-refractivity contribution < 1.29 is 23.2 Å². The molecule has 0 unspecified atom stereocenters. The Kier molecular flexibility index (Phi) is 4.63. The number of aliphatic carboxylic acids is 1. The van der Waals surface area contributed by atoms with E-state index in [9.17, 15) is 13.2 Å². The average molecular weight is 334 g/mol. The summed E-state index contributed by atoms with van der Waals surface area (Å²) in [6.45, 7) is 2.39. The van der Waals surface area contributed by atoms with E-state index >= 15 is 0 Å². The first kappa shape index (κ1) is 15.7. The summed E-state index contributed by atoms with van der Waals surface area (Å²) in [6.07, 6.45) is 0. The van der Waals surface area contributed by atoms with Crippen molar-refractivity contribution in [3.05, 3.63) is 14.7 Å². The number of carboxylic acid groups (broad SMARTS) is 1. The molecule has 0 aliphatic carbocycles. The van der Waals surface area contributed by atoms with E-state index in [1.165, 1.54) is 13.8 Å². The third-order valence-electron chi connectivity index (χ3n) is 1.84. The minimum absolute atomic E-state index is 0.0377. The number of hydrogen-bond acceptors (Lipinski definition) is 5. The molecule has 6 nitrogen and oxygen atoms in total. The predicted octanol–water partition coefficient (Wildman–Crippen LogP) is 2.13. The third kappa shape index (κ3) is 3.56. The molecule has 1 aromatic heterocycles. The van der Waals surface area contributed by atoms with Crippen LogP contribution < -0.4 is 4.89 Å². The number of sulfonamides is 1. The summed E-state index contributed by atoms with van der Waals surface area (Å²) in [5, 5.41) is 8.76. The van der Waals surface area contributed by atoms with Crippen LogP contribution in [0.2, 0.25) is 8.67 Å². The number of carbonyl (C=O) groups is 1. The summed E-state index contributed by atoms with van der Waals surface area (Å²) in [6, 6.07) is 1.15. The second-order valence-corrected chi connectivity index (χ2v) is 7.59. The van der Waals surface area contributed by atoms with E-state index in [0.29, 0.717) is 0 Å². The topological polar surface area (TPSA) is 92.7 Å². The molecule has 18 heavy (non-hydrogen) atoms. The summed E-state index contributed by atoms with van der Waals surface area (Å²) >= 11 is 12.2. The van der Waals surface area contributed by atoms with Crippen molar-refractivity contribution in [3.8, 4) is 0 Å².